The lowest BCUT2D eigenvalue weighted by Crippen LogP contribution is -2.48. The molecular weight excluding hydrogens is 460 g/mol. The molecule has 9 heteroatoms. The topological polar surface area (TPSA) is 98.9 Å². The Morgan fingerprint density at radius 2 is 1.92 bits per heavy atom. The van der Waals surface area contributed by atoms with Crippen LogP contribution in [0.25, 0.3) is 17.0 Å². The second kappa shape index (κ2) is 8.98. The lowest BCUT2D eigenvalue weighted by Gasteiger charge is -2.36. The van der Waals surface area contributed by atoms with Crippen molar-refractivity contribution in [2.75, 3.05) is 19.9 Å². The molecule has 3 aliphatic rings. The van der Waals surface area contributed by atoms with Crippen LogP contribution >= 0.6 is 0 Å². The normalized spacial score (nSPS) is 21.3. The molecule has 0 aliphatic carbocycles. The molecule has 3 aromatic rings. The number of aryl methyl sites for hydroxylation is 2. The van der Waals surface area contributed by atoms with E-state index in [9.17, 15) is 4.79 Å². The molecule has 9 nitrogen and oxygen atoms in total. The summed E-state index contributed by atoms with van der Waals surface area (Å²) in [6.45, 7) is 7.46. The number of allylic oxidation sites excluding steroid dienone is 1. The molecule has 2 unspecified atom stereocenters. The highest BCUT2D eigenvalue weighted by Gasteiger charge is 2.37. The standard InChI is InChI=1S/C27H28N4O5/c1-15-6-7-18(11-16(15)2)24-23(17(3)31(27(32)28-24)13-20-5-4-10-33-20)26-29-25(30-36-26)19-8-9-21-22(12-19)35-14-34-21/h6-9,11-12,20,24H,4-5,10,13-14H2,1-3H3,(H,28,32). The molecule has 0 radical (unpaired) electrons. The van der Waals surface area contributed by atoms with E-state index in [1.54, 1.807) is 4.90 Å². The predicted octanol–water partition coefficient (Wildman–Crippen LogP) is 4.76. The van der Waals surface area contributed by atoms with E-state index in [1.165, 1.54) is 5.56 Å². The minimum Gasteiger partial charge on any atom is -0.454 e. The van der Waals surface area contributed by atoms with Crippen molar-refractivity contribution in [1.82, 2.24) is 20.4 Å². The molecule has 6 rings (SSSR count). The quantitative estimate of drug-likeness (QED) is 0.553. The number of carbonyl (C=O) groups excluding carboxylic acids is 1. The Morgan fingerprint density at radius 1 is 1.06 bits per heavy atom. The third-order valence-electron chi connectivity index (χ3n) is 7.16. The van der Waals surface area contributed by atoms with Crippen molar-refractivity contribution >= 4 is 11.6 Å². The number of carbonyl (C=O) groups is 1. The van der Waals surface area contributed by atoms with Gasteiger partial charge in [-0.2, -0.15) is 4.98 Å². The number of fused-ring (bicyclic) bond motifs is 1. The molecule has 1 saturated heterocycles. The summed E-state index contributed by atoms with van der Waals surface area (Å²) in [6.07, 6.45) is 1.95. The van der Waals surface area contributed by atoms with Crippen molar-refractivity contribution in [3.8, 4) is 22.9 Å². The summed E-state index contributed by atoms with van der Waals surface area (Å²) in [5.41, 5.74) is 5.60. The molecule has 1 aromatic heterocycles. The molecule has 1 N–H and O–H groups in total. The van der Waals surface area contributed by atoms with Gasteiger partial charge >= 0.3 is 6.03 Å². The zero-order chi connectivity index (χ0) is 24.8. The summed E-state index contributed by atoms with van der Waals surface area (Å²) in [4.78, 5) is 19.7. The van der Waals surface area contributed by atoms with Gasteiger partial charge in [0.2, 0.25) is 12.6 Å². The van der Waals surface area contributed by atoms with Gasteiger partial charge < -0.3 is 24.1 Å². The van der Waals surface area contributed by atoms with E-state index in [4.69, 9.17) is 23.7 Å². The highest BCUT2D eigenvalue weighted by Crippen LogP contribution is 2.39. The predicted molar refractivity (Wildman–Crippen MR) is 131 cm³/mol. The number of nitrogens with zero attached hydrogens (tertiary/aromatic N) is 3. The average molecular weight is 489 g/mol. The number of urea groups is 1. The Labute approximate surface area is 209 Å². The van der Waals surface area contributed by atoms with E-state index in [1.807, 2.05) is 31.2 Å². The molecule has 3 aliphatic heterocycles. The zero-order valence-electron chi connectivity index (χ0n) is 20.5. The minimum absolute atomic E-state index is 0.0111. The van der Waals surface area contributed by atoms with Crippen molar-refractivity contribution in [1.29, 1.82) is 0 Å². The summed E-state index contributed by atoms with van der Waals surface area (Å²) in [6, 6.07) is 11.1. The molecule has 0 saturated carbocycles. The SMILES string of the molecule is CC1=C(c2nc(-c3ccc4c(c3)OCO4)no2)C(c2ccc(C)c(C)c2)NC(=O)N1CC1CCCO1. The van der Waals surface area contributed by atoms with E-state index in [0.717, 1.165) is 47.4 Å². The fourth-order valence-corrected chi connectivity index (χ4v) is 4.95. The van der Waals surface area contributed by atoms with Crippen LogP contribution in [-0.2, 0) is 4.74 Å². The van der Waals surface area contributed by atoms with Gasteiger partial charge in [-0.05, 0) is 68.5 Å². The van der Waals surface area contributed by atoms with Crippen LogP contribution in [0.3, 0.4) is 0 Å². The molecule has 0 spiro atoms. The summed E-state index contributed by atoms with van der Waals surface area (Å²) in [7, 11) is 0. The lowest BCUT2D eigenvalue weighted by atomic mass is 9.92. The number of rotatable bonds is 5. The smallest absolute Gasteiger partial charge is 0.322 e. The van der Waals surface area contributed by atoms with Gasteiger partial charge in [0.15, 0.2) is 11.5 Å². The lowest BCUT2D eigenvalue weighted by molar-refractivity contribution is 0.0877. The van der Waals surface area contributed by atoms with Gasteiger partial charge in [0.1, 0.15) is 0 Å². The molecule has 2 aromatic carbocycles. The Hall–Kier alpha value is -3.85. The molecule has 4 heterocycles. The fraction of sp³-hybridized carbons (Fsp3) is 0.370. The first-order chi connectivity index (χ1) is 17.5. The first-order valence-electron chi connectivity index (χ1n) is 12.2. The Morgan fingerprint density at radius 3 is 2.72 bits per heavy atom. The third kappa shape index (κ3) is 3.99. The number of ether oxygens (including phenoxy) is 3. The maximum atomic E-state index is 13.3. The Bertz CT molecular complexity index is 1360. The average Bonchev–Trinajstić information content (AvgIpc) is 3.64. The fourth-order valence-electron chi connectivity index (χ4n) is 4.95. The molecule has 0 bridgehead atoms. The van der Waals surface area contributed by atoms with Crippen LogP contribution in [0.15, 0.2) is 46.6 Å². The van der Waals surface area contributed by atoms with Crippen LogP contribution in [0.5, 0.6) is 11.5 Å². The van der Waals surface area contributed by atoms with Crippen LogP contribution in [0.1, 0.15) is 48.4 Å². The van der Waals surface area contributed by atoms with Crippen LogP contribution in [-0.4, -0.2) is 47.1 Å². The number of benzene rings is 2. The molecule has 2 atom stereocenters. The molecule has 2 amide bonds. The molecular formula is C27H28N4O5. The van der Waals surface area contributed by atoms with E-state index >= 15 is 0 Å². The Kier molecular flexibility index (Phi) is 5.64. The number of nitrogens with one attached hydrogen (secondary N) is 1. The second-order valence-electron chi connectivity index (χ2n) is 9.46. The molecule has 1 fully saturated rings. The third-order valence-corrected chi connectivity index (χ3v) is 7.16. The highest BCUT2D eigenvalue weighted by atomic mass is 16.7. The monoisotopic (exact) mass is 488 g/mol. The molecule has 36 heavy (non-hydrogen) atoms. The maximum Gasteiger partial charge on any atom is 0.322 e. The van der Waals surface area contributed by atoms with E-state index < -0.39 is 6.04 Å². The van der Waals surface area contributed by atoms with Crippen molar-refractivity contribution < 1.29 is 23.5 Å². The van der Waals surface area contributed by atoms with Crippen molar-refractivity contribution in [3.05, 3.63) is 64.7 Å². The summed E-state index contributed by atoms with van der Waals surface area (Å²) < 4.78 is 22.5. The minimum atomic E-state index is -0.428. The van der Waals surface area contributed by atoms with Crippen molar-refractivity contribution in [2.24, 2.45) is 0 Å². The van der Waals surface area contributed by atoms with Gasteiger partial charge in [0.25, 0.3) is 5.89 Å². The number of aromatic nitrogens is 2. The largest absolute Gasteiger partial charge is 0.454 e. The van der Waals surface area contributed by atoms with Gasteiger partial charge in [0.05, 0.1) is 24.3 Å². The first-order valence-corrected chi connectivity index (χ1v) is 12.2. The molecule has 186 valence electrons. The number of hydrogen-bond acceptors (Lipinski definition) is 7. The maximum absolute atomic E-state index is 13.3. The highest BCUT2D eigenvalue weighted by molar-refractivity contribution is 5.87. The number of amides is 2. The summed E-state index contributed by atoms with van der Waals surface area (Å²) in [5, 5.41) is 7.43. The Balaban J connectivity index is 1.41. The van der Waals surface area contributed by atoms with Gasteiger partial charge in [-0.25, -0.2) is 4.79 Å². The van der Waals surface area contributed by atoms with E-state index in [-0.39, 0.29) is 18.9 Å². The van der Waals surface area contributed by atoms with Crippen molar-refractivity contribution in [3.63, 3.8) is 0 Å². The van der Waals surface area contributed by atoms with Crippen LogP contribution in [0.2, 0.25) is 0 Å². The van der Waals surface area contributed by atoms with Crippen LogP contribution in [0, 0.1) is 13.8 Å². The second-order valence-corrected chi connectivity index (χ2v) is 9.46. The van der Waals surface area contributed by atoms with E-state index in [2.05, 4.69) is 36.5 Å². The van der Waals surface area contributed by atoms with Gasteiger partial charge in [-0.1, -0.05) is 23.4 Å². The van der Waals surface area contributed by atoms with E-state index in [0.29, 0.717) is 29.8 Å². The first kappa shape index (κ1) is 22.6. The summed E-state index contributed by atoms with van der Waals surface area (Å²) in [5.74, 6) is 2.14. The van der Waals surface area contributed by atoms with Gasteiger partial charge in [-0.15, -0.1) is 0 Å². The van der Waals surface area contributed by atoms with Crippen LogP contribution < -0.4 is 14.8 Å². The van der Waals surface area contributed by atoms with Crippen molar-refractivity contribution in [2.45, 2.75) is 45.8 Å². The zero-order valence-corrected chi connectivity index (χ0v) is 20.5. The number of hydrogen-bond donors (Lipinski definition) is 1. The van der Waals surface area contributed by atoms with Gasteiger partial charge in [0, 0.05) is 17.9 Å². The summed E-state index contributed by atoms with van der Waals surface area (Å²) >= 11 is 0. The van der Waals surface area contributed by atoms with Crippen LogP contribution in [0.4, 0.5) is 4.79 Å². The van der Waals surface area contributed by atoms with Gasteiger partial charge in [-0.3, -0.25) is 4.90 Å².